The molecule has 0 fully saturated rings. The monoisotopic (exact) mass is 370 g/mol. The van der Waals surface area contributed by atoms with Gasteiger partial charge in [0.05, 0.1) is 7.11 Å². The van der Waals surface area contributed by atoms with Crippen molar-refractivity contribution in [3.05, 3.63) is 58.7 Å². The number of ether oxygens (including phenoxy) is 2. The molecule has 1 atom stereocenters. The molecule has 0 aromatic heterocycles. The Hall–Kier alpha value is -2.00. The highest BCUT2D eigenvalue weighted by atomic mass is 16.5. The van der Waals surface area contributed by atoms with E-state index in [1.54, 1.807) is 14.2 Å². The van der Waals surface area contributed by atoms with Gasteiger partial charge in [0.1, 0.15) is 17.1 Å². The van der Waals surface area contributed by atoms with Gasteiger partial charge in [0.15, 0.2) is 0 Å². The van der Waals surface area contributed by atoms with E-state index < -0.39 is 5.60 Å². The molecule has 2 aromatic rings. The van der Waals surface area contributed by atoms with Crippen molar-refractivity contribution in [2.75, 3.05) is 14.2 Å². The lowest BCUT2D eigenvalue weighted by molar-refractivity contribution is 0.0388. The molecule has 0 aliphatic rings. The summed E-state index contributed by atoms with van der Waals surface area (Å²) in [6.07, 6.45) is 0. The molecule has 3 heteroatoms. The van der Waals surface area contributed by atoms with Crippen molar-refractivity contribution >= 4 is 0 Å². The lowest BCUT2D eigenvalue weighted by Gasteiger charge is -2.34. The normalized spacial score (nSPS) is 14.7. The minimum absolute atomic E-state index is 0.186. The second-order valence-electron chi connectivity index (χ2n) is 9.39. The zero-order chi connectivity index (χ0) is 20.6. The van der Waals surface area contributed by atoms with Crippen molar-refractivity contribution in [1.82, 2.24) is 0 Å². The zero-order valence-electron chi connectivity index (χ0n) is 18.2. The van der Waals surface area contributed by atoms with Crippen molar-refractivity contribution in [2.24, 2.45) is 0 Å². The van der Waals surface area contributed by atoms with Gasteiger partial charge >= 0.3 is 0 Å². The molecule has 0 heterocycles. The molecular weight excluding hydrogens is 336 g/mol. The standard InChI is InChI=1S/C24H34O3/c1-22(2,3)19-14-17(15-20(21(19)25)23(4,5)6)24(7,27-9)16-10-12-18(26-8)13-11-16/h10-15,25H,1-9H3. The van der Waals surface area contributed by atoms with Crippen LogP contribution in [0, 0.1) is 0 Å². The highest BCUT2D eigenvalue weighted by Crippen LogP contribution is 2.44. The van der Waals surface area contributed by atoms with Crippen LogP contribution < -0.4 is 4.74 Å². The average Bonchev–Trinajstić information content (AvgIpc) is 2.59. The third-order valence-electron chi connectivity index (χ3n) is 5.33. The number of aromatic hydroxyl groups is 1. The number of hydrogen-bond acceptors (Lipinski definition) is 3. The zero-order valence-corrected chi connectivity index (χ0v) is 18.2. The fourth-order valence-electron chi connectivity index (χ4n) is 3.36. The number of benzene rings is 2. The topological polar surface area (TPSA) is 38.7 Å². The van der Waals surface area contributed by atoms with Crippen LogP contribution in [0.15, 0.2) is 36.4 Å². The van der Waals surface area contributed by atoms with E-state index in [9.17, 15) is 5.11 Å². The SMILES string of the molecule is COc1ccc(C(C)(OC)c2cc(C(C)(C)C)c(O)c(C(C)(C)C)c2)cc1. The first-order valence-corrected chi connectivity index (χ1v) is 9.42. The van der Waals surface area contributed by atoms with Gasteiger partial charge < -0.3 is 14.6 Å². The molecule has 0 saturated carbocycles. The van der Waals surface area contributed by atoms with Gasteiger partial charge in [-0.15, -0.1) is 0 Å². The van der Waals surface area contributed by atoms with E-state index in [2.05, 4.69) is 60.6 Å². The second kappa shape index (κ2) is 7.20. The summed E-state index contributed by atoms with van der Waals surface area (Å²) in [5, 5.41) is 11.0. The maximum atomic E-state index is 11.0. The van der Waals surface area contributed by atoms with Crippen LogP contribution in [-0.4, -0.2) is 19.3 Å². The van der Waals surface area contributed by atoms with Crippen LogP contribution in [-0.2, 0) is 21.2 Å². The van der Waals surface area contributed by atoms with E-state index in [1.807, 2.05) is 24.3 Å². The molecule has 0 saturated heterocycles. The summed E-state index contributed by atoms with van der Waals surface area (Å²) in [5.74, 6) is 1.20. The first-order valence-electron chi connectivity index (χ1n) is 9.42. The molecule has 0 bridgehead atoms. The van der Waals surface area contributed by atoms with E-state index in [-0.39, 0.29) is 10.8 Å². The summed E-state index contributed by atoms with van der Waals surface area (Å²) in [6, 6.07) is 12.1. The predicted molar refractivity (Wildman–Crippen MR) is 112 cm³/mol. The quantitative estimate of drug-likeness (QED) is 0.727. The van der Waals surface area contributed by atoms with Crippen molar-refractivity contribution in [2.45, 2.75) is 64.9 Å². The lowest BCUT2D eigenvalue weighted by Crippen LogP contribution is -2.28. The molecule has 2 rings (SSSR count). The fraction of sp³-hybridized carbons (Fsp3) is 0.500. The molecular formula is C24H34O3. The van der Waals surface area contributed by atoms with Gasteiger partial charge in [0, 0.05) is 7.11 Å². The van der Waals surface area contributed by atoms with Gasteiger partial charge in [-0.05, 0) is 64.3 Å². The summed E-state index contributed by atoms with van der Waals surface area (Å²) in [4.78, 5) is 0. The molecule has 0 radical (unpaired) electrons. The van der Waals surface area contributed by atoms with Crippen LogP contribution >= 0.6 is 0 Å². The Labute approximate surface area is 164 Å². The largest absolute Gasteiger partial charge is 0.507 e. The summed E-state index contributed by atoms with van der Waals surface area (Å²) >= 11 is 0. The Morgan fingerprint density at radius 2 is 1.15 bits per heavy atom. The third-order valence-corrected chi connectivity index (χ3v) is 5.33. The minimum Gasteiger partial charge on any atom is -0.507 e. The van der Waals surface area contributed by atoms with E-state index in [0.29, 0.717) is 5.75 Å². The molecule has 3 nitrogen and oxygen atoms in total. The Balaban J connectivity index is 2.76. The second-order valence-corrected chi connectivity index (χ2v) is 9.39. The minimum atomic E-state index is -0.639. The van der Waals surface area contributed by atoms with Crippen molar-refractivity contribution in [3.63, 3.8) is 0 Å². The number of phenolic OH excluding ortho intramolecular Hbond substituents is 1. The summed E-state index contributed by atoms with van der Waals surface area (Å²) in [5.41, 5.74) is 2.92. The van der Waals surface area contributed by atoms with Crippen LogP contribution in [0.5, 0.6) is 11.5 Å². The fourth-order valence-corrected chi connectivity index (χ4v) is 3.36. The Morgan fingerprint density at radius 3 is 1.48 bits per heavy atom. The molecule has 0 amide bonds. The first kappa shape index (κ1) is 21.3. The van der Waals surface area contributed by atoms with E-state index in [0.717, 1.165) is 28.0 Å². The molecule has 1 N–H and O–H groups in total. The number of rotatable bonds is 4. The van der Waals surface area contributed by atoms with Crippen LogP contribution in [0.1, 0.15) is 70.7 Å². The van der Waals surface area contributed by atoms with Gasteiger partial charge in [-0.3, -0.25) is 0 Å². The van der Waals surface area contributed by atoms with Crippen LogP contribution in [0.3, 0.4) is 0 Å². The van der Waals surface area contributed by atoms with Gasteiger partial charge in [-0.1, -0.05) is 53.7 Å². The van der Waals surface area contributed by atoms with Crippen LogP contribution in [0.25, 0.3) is 0 Å². The first-order chi connectivity index (χ1) is 12.3. The molecule has 0 aliphatic carbocycles. The molecule has 2 aromatic carbocycles. The maximum Gasteiger partial charge on any atom is 0.123 e. The molecule has 0 aliphatic heterocycles. The third kappa shape index (κ3) is 4.14. The molecule has 148 valence electrons. The molecule has 27 heavy (non-hydrogen) atoms. The van der Waals surface area contributed by atoms with Gasteiger partial charge in [-0.25, -0.2) is 0 Å². The van der Waals surface area contributed by atoms with E-state index in [4.69, 9.17) is 9.47 Å². The summed E-state index contributed by atoms with van der Waals surface area (Å²) < 4.78 is 11.3. The van der Waals surface area contributed by atoms with Gasteiger partial charge in [-0.2, -0.15) is 0 Å². The molecule has 1 unspecified atom stereocenters. The summed E-state index contributed by atoms with van der Waals surface area (Å²) in [7, 11) is 3.39. The predicted octanol–water partition coefficient (Wildman–Crippen LogP) is 5.91. The van der Waals surface area contributed by atoms with E-state index >= 15 is 0 Å². The Morgan fingerprint density at radius 1 is 0.704 bits per heavy atom. The lowest BCUT2D eigenvalue weighted by atomic mass is 9.75. The molecule has 0 spiro atoms. The van der Waals surface area contributed by atoms with Crippen molar-refractivity contribution in [3.8, 4) is 11.5 Å². The van der Waals surface area contributed by atoms with Gasteiger partial charge in [0.25, 0.3) is 0 Å². The van der Waals surface area contributed by atoms with Crippen LogP contribution in [0.2, 0.25) is 0 Å². The van der Waals surface area contributed by atoms with Crippen molar-refractivity contribution < 1.29 is 14.6 Å². The Bertz CT molecular complexity index is 757. The number of phenols is 1. The Kier molecular flexibility index (Phi) is 5.68. The smallest absolute Gasteiger partial charge is 0.123 e. The van der Waals surface area contributed by atoms with E-state index in [1.165, 1.54) is 0 Å². The highest BCUT2D eigenvalue weighted by molar-refractivity contribution is 5.53. The average molecular weight is 371 g/mol. The number of hydrogen-bond donors (Lipinski definition) is 1. The highest BCUT2D eigenvalue weighted by Gasteiger charge is 2.34. The van der Waals surface area contributed by atoms with Gasteiger partial charge in [0.2, 0.25) is 0 Å². The maximum absolute atomic E-state index is 11.0. The van der Waals surface area contributed by atoms with Crippen molar-refractivity contribution in [1.29, 1.82) is 0 Å². The summed E-state index contributed by atoms with van der Waals surface area (Å²) in [6.45, 7) is 14.8. The number of methoxy groups -OCH3 is 2. The van der Waals surface area contributed by atoms with Crippen LogP contribution in [0.4, 0.5) is 0 Å².